The Hall–Kier alpha value is -4.24. The number of amides is 1. The number of carbonyl (C=O) groups excluding carboxylic acids is 1. The molecule has 0 atom stereocenters. The molecule has 8 nitrogen and oxygen atoms in total. The highest BCUT2D eigenvalue weighted by Gasteiger charge is 2.17. The normalized spacial score (nSPS) is 11.5. The maximum absolute atomic E-state index is 13.2. The number of nitrogens with zero attached hydrogens (tertiary/aromatic N) is 3. The van der Waals surface area contributed by atoms with Gasteiger partial charge in [-0.15, -0.1) is 0 Å². The highest BCUT2D eigenvalue weighted by Crippen LogP contribution is 2.27. The Morgan fingerprint density at radius 2 is 1.73 bits per heavy atom. The highest BCUT2D eigenvalue weighted by molar-refractivity contribution is 7.93. The number of anilines is 2. The number of hydrogen-bond donors (Lipinski definition) is 2. The average Bonchev–Trinajstić information content (AvgIpc) is 3.19. The van der Waals surface area contributed by atoms with Crippen LogP contribution in [0.3, 0.4) is 0 Å². The molecule has 164 valence electrons. The van der Waals surface area contributed by atoms with Gasteiger partial charge in [-0.3, -0.25) is 9.52 Å². The molecule has 3 aromatic carbocycles. The van der Waals surface area contributed by atoms with Crippen molar-refractivity contribution in [2.75, 3.05) is 10.0 Å². The quantitative estimate of drug-likeness (QED) is 0.409. The summed E-state index contributed by atoms with van der Waals surface area (Å²) in [5, 5.41) is 8.68. The Balaban J connectivity index is 1.47. The second kappa shape index (κ2) is 8.03. The third-order valence-electron chi connectivity index (χ3n) is 5.07. The number of aromatic nitrogens is 3. The van der Waals surface area contributed by atoms with Gasteiger partial charge in [0.05, 0.1) is 16.8 Å². The molecule has 0 radical (unpaired) electrons. The molecule has 9 heteroatoms. The van der Waals surface area contributed by atoms with Crippen molar-refractivity contribution in [3.05, 3.63) is 85.1 Å². The van der Waals surface area contributed by atoms with Crippen molar-refractivity contribution >= 4 is 43.9 Å². The molecule has 5 rings (SSSR count). The molecule has 0 spiro atoms. The summed E-state index contributed by atoms with van der Waals surface area (Å²) in [6, 6.07) is 23.2. The molecule has 0 aliphatic carbocycles. The van der Waals surface area contributed by atoms with Crippen LogP contribution in [0.5, 0.6) is 0 Å². The summed E-state index contributed by atoms with van der Waals surface area (Å²) >= 11 is 0. The predicted octanol–water partition coefficient (Wildman–Crippen LogP) is 4.31. The molecule has 1 amide bonds. The van der Waals surface area contributed by atoms with Gasteiger partial charge in [0.25, 0.3) is 10.0 Å². The zero-order valence-electron chi connectivity index (χ0n) is 17.6. The first-order chi connectivity index (χ1) is 15.9. The van der Waals surface area contributed by atoms with E-state index in [9.17, 15) is 13.2 Å². The van der Waals surface area contributed by atoms with Crippen molar-refractivity contribution in [1.29, 1.82) is 0 Å². The molecule has 0 aliphatic heterocycles. The Morgan fingerprint density at radius 3 is 2.58 bits per heavy atom. The topological polar surface area (TPSA) is 105 Å². The fourth-order valence-corrected chi connectivity index (χ4v) is 4.94. The Morgan fingerprint density at radius 1 is 0.939 bits per heavy atom. The maximum atomic E-state index is 13.2. The summed E-state index contributed by atoms with van der Waals surface area (Å²) in [6.45, 7) is 1.41. The van der Waals surface area contributed by atoms with Crippen LogP contribution < -0.4 is 10.0 Å². The van der Waals surface area contributed by atoms with Crippen LogP contribution in [0, 0.1) is 0 Å². The zero-order valence-corrected chi connectivity index (χ0v) is 18.4. The minimum Gasteiger partial charge on any atom is -0.310 e. The van der Waals surface area contributed by atoms with Crippen LogP contribution in [-0.4, -0.2) is 28.9 Å². The van der Waals surface area contributed by atoms with E-state index in [4.69, 9.17) is 0 Å². The van der Waals surface area contributed by atoms with Crippen molar-refractivity contribution < 1.29 is 13.2 Å². The Labute approximate surface area is 190 Å². The van der Waals surface area contributed by atoms with E-state index in [0.717, 1.165) is 10.9 Å². The SMILES string of the molecule is CC(=O)Nc1cn2nc(-c3cccc(NS(=O)(=O)c4cccc5ccccc45)c3)ccc2n1. The van der Waals surface area contributed by atoms with Crippen molar-refractivity contribution in [2.24, 2.45) is 0 Å². The van der Waals surface area contributed by atoms with Gasteiger partial charge in [0.15, 0.2) is 11.5 Å². The first-order valence-electron chi connectivity index (χ1n) is 10.1. The highest BCUT2D eigenvalue weighted by atomic mass is 32.2. The monoisotopic (exact) mass is 457 g/mol. The van der Waals surface area contributed by atoms with E-state index in [2.05, 4.69) is 20.1 Å². The lowest BCUT2D eigenvalue weighted by Crippen LogP contribution is -2.13. The van der Waals surface area contributed by atoms with E-state index in [-0.39, 0.29) is 10.8 Å². The van der Waals surface area contributed by atoms with Gasteiger partial charge in [-0.1, -0.05) is 48.5 Å². The summed E-state index contributed by atoms with van der Waals surface area (Å²) in [5.74, 6) is 0.188. The Bertz CT molecular complexity index is 1620. The summed E-state index contributed by atoms with van der Waals surface area (Å²) in [4.78, 5) is 15.8. The molecular weight excluding hydrogens is 438 g/mol. The fourth-order valence-electron chi connectivity index (χ4n) is 3.66. The van der Waals surface area contributed by atoms with Gasteiger partial charge >= 0.3 is 0 Å². The summed E-state index contributed by atoms with van der Waals surface area (Å²) < 4.78 is 30.6. The maximum Gasteiger partial charge on any atom is 0.262 e. The van der Waals surface area contributed by atoms with E-state index >= 15 is 0 Å². The molecule has 0 aliphatic rings. The largest absolute Gasteiger partial charge is 0.310 e. The smallest absolute Gasteiger partial charge is 0.262 e. The number of nitrogens with one attached hydrogen (secondary N) is 2. The lowest BCUT2D eigenvalue weighted by atomic mass is 10.1. The molecule has 0 fully saturated rings. The molecule has 2 N–H and O–H groups in total. The van der Waals surface area contributed by atoms with Gasteiger partial charge in [0, 0.05) is 23.6 Å². The minimum absolute atomic E-state index is 0.217. The van der Waals surface area contributed by atoms with Crippen LogP contribution >= 0.6 is 0 Å². The van der Waals surface area contributed by atoms with Gasteiger partial charge in [-0.25, -0.2) is 17.9 Å². The van der Waals surface area contributed by atoms with Crippen molar-refractivity contribution in [3.8, 4) is 11.3 Å². The van der Waals surface area contributed by atoms with E-state index in [1.54, 1.807) is 59.2 Å². The van der Waals surface area contributed by atoms with E-state index in [0.29, 0.717) is 28.2 Å². The zero-order chi connectivity index (χ0) is 23.0. The van der Waals surface area contributed by atoms with Crippen LogP contribution in [0.2, 0.25) is 0 Å². The lowest BCUT2D eigenvalue weighted by Gasteiger charge is -2.11. The molecular formula is C24H19N5O3S. The number of sulfonamides is 1. The van der Waals surface area contributed by atoms with Crippen molar-refractivity contribution in [3.63, 3.8) is 0 Å². The number of imidazole rings is 1. The second-order valence-corrected chi connectivity index (χ2v) is 9.14. The number of fused-ring (bicyclic) bond motifs is 2. The number of benzene rings is 3. The Kier molecular flexibility index (Phi) is 5.02. The summed E-state index contributed by atoms with van der Waals surface area (Å²) in [6.07, 6.45) is 1.62. The van der Waals surface area contributed by atoms with Gasteiger partial charge in [0.2, 0.25) is 5.91 Å². The average molecular weight is 458 g/mol. The number of carbonyl (C=O) groups is 1. The van der Waals surface area contributed by atoms with Gasteiger partial charge in [0.1, 0.15) is 0 Å². The third-order valence-corrected chi connectivity index (χ3v) is 6.51. The first kappa shape index (κ1) is 20.7. The van der Waals surface area contributed by atoms with Crippen molar-refractivity contribution in [2.45, 2.75) is 11.8 Å². The second-order valence-electron chi connectivity index (χ2n) is 7.49. The van der Waals surface area contributed by atoms with Crippen LogP contribution in [0.4, 0.5) is 11.5 Å². The van der Waals surface area contributed by atoms with E-state index < -0.39 is 10.0 Å². The summed E-state index contributed by atoms with van der Waals surface area (Å²) in [5.41, 5.74) is 2.35. The lowest BCUT2D eigenvalue weighted by molar-refractivity contribution is -0.114. The molecule has 33 heavy (non-hydrogen) atoms. The van der Waals surface area contributed by atoms with Crippen LogP contribution in [0.15, 0.2) is 90.0 Å². The van der Waals surface area contributed by atoms with Gasteiger partial charge < -0.3 is 5.32 Å². The molecule has 5 aromatic rings. The van der Waals surface area contributed by atoms with Crippen LogP contribution in [-0.2, 0) is 14.8 Å². The van der Waals surface area contributed by atoms with Gasteiger partial charge in [-0.2, -0.15) is 5.10 Å². The van der Waals surface area contributed by atoms with Crippen LogP contribution in [0.25, 0.3) is 27.7 Å². The predicted molar refractivity (Wildman–Crippen MR) is 127 cm³/mol. The number of hydrogen-bond acceptors (Lipinski definition) is 5. The molecule has 0 saturated heterocycles. The van der Waals surface area contributed by atoms with E-state index in [1.807, 2.05) is 30.3 Å². The third kappa shape index (κ3) is 4.13. The van der Waals surface area contributed by atoms with E-state index in [1.165, 1.54) is 6.92 Å². The first-order valence-corrected chi connectivity index (χ1v) is 11.6. The molecule has 2 heterocycles. The molecule has 0 saturated carbocycles. The van der Waals surface area contributed by atoms with Crippen LogP contribution in [0.1, 0.15) is 6.92 Å². The molecule has 0 unspecified atom stereocenters. The number of rotatable bonds is 5. The standard InChI is InChI=1S/C24H19N5O3S/c1-16(30)25-23-15-29-24(26-23)13-12-21(27-29)18-8-4-9-19(14-18)28-33(31,32)22-11-5-7-17-6-2-3-10-20(17)22/h2-15,28H,1H3,(H,25,30). The summed E-state index contributed by atoms with van der Waals surface area (Å²) in [7, 11) is -3.81. The molecule has 0 bridgehead atoms. The minimum atomic E-state index is -3.81. The molecule has 2 aromatic heterocycles. The van der Waals surface area contributed by atoms with Crippen molar-refractivity contribution in [1.82, 2.24) is 14.6 Å². The van der Waals surface area contributed by atoms with Gasteiger partial charge in [-0.05, 0) is 35.7 Å². The fraction of sp³-hybridized carbons (Fsp3) is 0.0417.